The maximum absolute atomic E-state index is 15.1. The number of unbranched alkanes of at least 4 members (excludes halogenated alkanes) is 4. The van der Waals surface area contributed by atoms with E-state index in [1.54, 1.807) is 26.8 Å². The minimum absolute atomic E-state index is 0.00914. The number of hydrogen-bond donors (Lipinski definition) is 5. The average Bonchev–Trinajstić information content (AvgIpc) is 3.75. The SMILES string of the molecule is CCCCCC1(CCCCC)O[C@@H]2[C@H](O1)[C@H]1ON(Cc3cccc(C=COCCO)c3)[C@@H]3C(=O)O[C@@H]2C[C@]13C(=O)N[C@@H](C(=O)N[C@H](CO)CCC(=O)OC(C)(C)C)[C@H](C)O. The predicted molar refractivity (Wildman–Crippen MR) is 218 cm³/mol. The summed E-state index contributed by atoms with van der Waals surface area (Å²) >= 11 is 0. The molecule has 9 atom stereocenters. The summed E-state index contributed by atoms with van der Waals surface area (Å²) < 4.78 is 30.6. The van der Waals surface area contributed by atoms with Gasteiger partial charge in [-0.1, -0.05) is 63.8 Å². The van der Waals surface area contributed by atoms with Crippen molar-refractivity contribution in [2.24, 2.45) is 5.41 Å². The largest absolute Gasteiger partial charge is 0.499 e. The van der Waals surface area contributed by atoms with E-state index in [4.69, 9.17) is 33.6 Å². The first-order valence-electron chi connectivity index (χ1n) is 21.7. The van der Waals surface area contributed by atoms with Crippen molar-refractivity contribution in [1.82, 2.24) is 15.7 Å². The number of esters is 2. The maximum atomic E-state index is 15.1. The molecule has 3 saturated heterocycles. The van der Waals surface area contributed by atoms with Gasteiger partial charge in [0.2, 0.25) is 11.8 Å². The van der Waals surface area contributed by atoms with Crippen molar-refractivity contribution in [2.45, 2.75) is 179 Å². The lowest BCUT2D eigenvalue weighted by Crippen LogP contribution is -2.71. The van der Waals surface area contributed by atoms with Gasteiger partial charge in [-0.3, -0.25) is 24.0 Å². The summed E-state index contributed by atoms with van der Waals surface area (Å²) in [6.07, 6.45) is 5.23. The number of fused-ring (bicyclic) bond motifs is 4. The lowest BCUT2D eigenvalue weighted by molar-refractivity contribution is -0.224. The van der Waals surface area contributed by atoms with E-state index in [9.17, 15) is 24.6 Å². The number of carbonyl (C=O) groups is 4. The number of benzene rings is 1. The fourth-order valence-corrected chi connectivity index (χ4v) is 8.78. The Labute approximate surface area is 353 Å². The highest BCUT2D eigenvalue weighted by atomic mass is 16.8. The molecule has 336 valence electrons. The van der Waals surface area contributed by atoms with Crippen molar-refractivity contribution in [1.29, 1.82) is 0 Å². The highest BCUT2D eigenvalue weighted by Gasteiger charge is 2.76. The summed E-state index contributed by atoms with van der Waals surface area (Å²) in [6.45, 7) is 10.4. The quantitative estimate of drug-likeness (QED) is 0.0606. The van der Waals surface area contributed by atoms with Crippen LogP contribution in [-0.2, 0) is 54.2 Å². The van der Waals surface area contributed by atoms with Crippen LogP contribution in [0.15, 0.2) is 30.5 Å². The number of aliphatic hydroxyl groups excluding tert-OH is 3. The molecule has 0 aromatic heterocycles. The van der Waals surface area contributed by atoms with Gasteiger partial charge in [-0.15, -0.1) is 0 Å². The molecule has 0 spiro atoms. The Morgan fingerprint density at radius 3 is 2.37 bits per heavy atom. The molecule has 1 aromatic rings. The molecule has 3 heterocycles. The van der Waals surface area contributed by atoms with E-state index in [0.717, 1.165) is 49.7 Å². The molecule has 2 amide bonds. The van der Waals surface area contributed by atoms with Crippen molar-refractivity contribution < 1.29 is 63.0 Å². The first kappa shape index (κ1) is 47.4. The number of rotatable bonds is 23. The Balaban J connectivity index is 1.46. The lowest BCUT2D eigenvalue weighted by Gasteiger charge is -2.49. The van der Waals surface area contributed by atoms with Gasteiger partial charge in [-0.05, 0) is 64.2 Å². The van der Waals surface area contributed by atoms with Gasteiger partial charge in [-0.25, -0.2) is 0 Å². The first-order chi connectivity index (χ1) is 28.6. The number of nitrogens with zero attached hydrogens (tertiary/aromatic N) is 1. The smallest absolute Gasteiger partial charge is 0.327 e. The van der Waals surface area contributed by atoms with E-state index in [1.807, 2.05) is 24.3 Å². The van der Waals surface area contributed by atoms with Gasteiger partial charge in [-0.2, -0.15) is 5.06 Å². The summed E-state index contributed by atoms with van der Waals surface area (Å²) in [6, 6.07) is 3.79. The van der Waals surface area contributed by atoms with Crippen LogP contribution in [0, 0.1) is 5.41 Å². The van der Waals surface area contributed by atoms with Gasteiger partial charge >= 0.3 is 11.9 Å². The molecule has 1 aromatic carbocycles. The normalized spacial score (nSPS) is 27.1. The Morgan fingerprint density at radius 2 is 1.73 bits per heavy atom. The second kappa shape index (κ2) is 21.0. The van der Waals surface area contributed by atoms with Crippen LogP contribution in [0.5, 0.6) is 0 Å². The summed E-state index contributed by atoms with van der Waals surface area (Å²) in [5, 5.41) is 37.0. The number of carbonyl (C=O) groups excluding carboxylic acids is 4. The molecular weight excluding hydrogens is 778 g/mol. The van der Waals surface area contributed by atoms with E-state index in [0.29, 0.717) is 12.8 Å². The minimum atomic E-state index is -1.64. The highest BCUT2D eigenvalue weighted by Crippen LogP contribution is 2.58. The Kier molecular flexibility index (Phi) is 16.6. The predicted octanol–water partition coefficient (Wildman–Crippen LogP) is 3.57. The summed E-state index contributed by atoms with van der Waals surface area (Å²) in [5.41, 5.74) is -0.809. The Hall–Kier alpha value is -3.64. The molecule has 5 rings (SSSR count). The monoisotopic (exact) mass is 845 g/mol. The van der Waals surface area contributed by atoms with Gasteiger partial charge in [0.1, 0.15) is 48.1 Å². The Morgan fingerprint density at radius 1 is 1.03 bits per heavy atom. The van der Waals surface area contributed by atoms with Crippen LogP contribution in [0.3, 0.4) is 0 Å². The van der Waals surface area contributed by atoms with Gasteiger partial charge in [0, 0.05) is 25.7 Å². The van der Waals surface area contributed by atoms with Crippen LogP contribution in [0.2, 0.25) is 0 Å². The standard InChI is InChI=1S/C44H67N3O13/c1-7-9-11-19-43(20-12-10-8-2)58-35-32-25-44(41(54)46-34(28(3)50)39(52)45-31(27-49)16-17-33(51)57-42(4,5)6)37(40(53)56-32)47(60-38(44)36(35)59-43)26-30-15-13-14-29(24-30)18-22-55-23-21-48/h13-15,18,22,24,28,31-32,34-38,48-50H,7-12,16-17,19-21,23,25-27H2,1-6H3,(H,45,52)(H,46,54)/t28-,31-,32+,34+,35-,36-,37+,38+,44+/m0/s1. The average molecular weight is 846 g/mol. The van der Waals surface area contributed by atoms with Crippen LogP contribution in [0.1, 0.15) is 123 Å². The van der Waals surface area contributed by atoms with Crippen molar-refractivity contribution in [2.75, 3.05) is 19.8 Å². The zero-order valence-electron chi connectivity index (χ0n) is 36.1. The van der Waals surface area contributed by atoms with Crippen LogP contribution in [0.4, 0.5) is 0 Å². The number of hydrogen-bond acceptors (Lipinski definition) is 14. The second-order valence-corrected chi connectivity index (χ2v) is 17.6. The third-order valence-electron chi connectivity index (χ3n) is 11.6. The highest BCUT2D eigenvalue weighted by molar-refractivity contribution is 5.96. The first-order valence-corrected chi connectivity index (χ1v) is 21.7. The summed E-state index contributed by atoms with van der Waals surface area (Å²) in [5.74, 6) is -3.66. The molecule has 16 nitrogen and oxygen atoms in total. The van der Waals surface area contributed by atoms with E-state index < -0.39 is 95.8 Å². The topological polar surface area (TPSA) is 212 Å². The summed E-state index contributed by atoms with van der Waals surface area (Å²) in [7, 11) is 0. The van der Waals surface area contributed by atoms with Crippen LogP contribution in [-0.4, -0.2) is 124 Å². The van der Waals surface area contributed by atoms with Gasteiger partial charge in [0.05, 0.1) is 38.2 Å². The fourth-order valence-electron chi connectivity index (χ4n) is 8.78. The molecular formula is C44H67N3O13. The van der Waals surface area contributed by atoms with E-state index in [2.05, 4.69) is 24.5 Å². The second-order valence-electron chi connectivity index (χ2n) is 17.6. The molecule has 1 saturated carbocycles. The van der Waals surface area contributed by atoms with Crippen LogP contribution in [0.25, 0.3) is 6.08 Å². The van der Waals surface area contributed by atoms with Crippen LogP contribution < -0.4 is 10.6 Å². The van der Waals surface area contributed by atoms with Crippen molar-refractivity contribution >= 4 is 29.8 Å². The van der Waals surface area contributed by atoms with Crippen molar-refractivity contribution in [3.05, 3.63) is 41.7 Å². The maximum Gasteiger partial charge on any atom is 0.327 e. The van der Waals surface area contributed by atoms with Crippen LogP contribution >= 0.6 is 0 Å². The van der Waals surface area contributed by atoms with Gasteiger partial charge in [0.25, 0.3) is 0 Å². The molecule has 0 radical (unpaired) electrons. The third-order valence-corrected chi connectivity index (χ3v) is 11.6. The van der Waals surface area contributed by atoms with Gasteiger partial charge < -0.3 is 49.6 Å². The van der Waals surface area contributed by atoms with E-state index in [1.165, 1.54) is 18.2 Å². The molecule has 0 unspecified atom stereocenters. The minimum Gasteiger partial charge on any atom is -0.499 e. The molecule has 5 N–H and O–H groups in total. The zero-order chi connectivity index (χ0) is 43.7. The number of nitrogens with one attached hydrogen (secondary N) is 2. The molecule has 16 heteroatoms. The van der Waals surface area contributed by atoms with Crippen molar-refractivity contribution in [3.8, 4) is 0 Å². The van der Waals surface area contributed by atoms with Gasteiger partial charge in [0.15, 0.2) is 11.8 Å². The molecule has 60 heavy (non-hydrogen) atoms. The molecule has 2 bridgehead atoms. The van der Waals surface area contributed by atoms with Crippen molar-refractivity contribution in [3.63, 3.8) is 0 Å². The number of aliphatic hydroxyl groups is 3. The van der Waals surface area contributed by atoms with E-state index in [-0.39, 0.29) is 39.0 Å². The summed E-state index contributed by atoms with van der Waals surface area (Å²) in [4.78, 5) is 62.3. The number of amides is 2. The molecule has 4 fully saturated rings. The van der Waals surface area contributed by atoms with E-state index >= 15 is 4.79 Å². The molecule has 4 aliphatic rings. The molecule has 3 aliphatic heterocycles. The zero-order valence-corrected chi connectivity index (χ0v) is 36.1. The Bertz CT molecular complexity index is 1640. The third kappa shape index (κ3) is 11.2. The number of ether oxygens (including phenoxy) is 5. The fraction of sp³-hybridized carbons (Fsp3) is 0.727. The number of hydroxylamine groups is 2. The molecule has 1 aliphatic carbocycles. The lowest BCUT2D eigenvalue weighted by atomic mass is 9.62.